The second kappa shape index (κ2) is 13.3. The maximum Gasteiger partial charge on any atom is 0.258 e. The summed E-state index contributed by atoms with van der Waals surface area (Å²) in [7, 11) is 0. The van der Waals surface area contributed by atoms with Crippen molar-refractivity contribution in [3.63, 3.8) is 0 Å². The summed E-state index contributed by atoms with van der Waals surface area (Å²) in [6.07, 6.45) is 0.931. The Kier molecular flexibility index (Phi) is 9.91. The molecule has 4 rings (SSSR count). The molecule has 1 saturated heterocycles. The molecule has 0 aliphatic carbocycles. The first-order valence-corrected chi connectivity index (χ1v) is 13.9. The summed E-state index contributed by atoms with van der Waals surface area (Å²) >= 11 is 23.9. The van der Waals surface area contributed by atoms with Gasteiger partial charge in [-0.1, -0.05) is 41.7 Å². The minimum absolute atomic E-state index is 0.00205. The summed E-state index contributed by atoms with van der Waals surface area (Å²) in [5.74, 6) is 0.308. The van der Waals surface area contributed by atoms with Crippen LogP contribution in [0.3, 0.4) is 0 Å². The van der Waals surface area contributed by atoms with Gasteiger partial charge >= 0.3 is 0 Å². The highest BCUT2D eigenvalue weighted by molar-refractivity contribution is 7.80. The van der Waals surface area contributed by atoms with Crippen molar-refractivity contribution in [3.8, 4) is 5.75 Å². The fourth-order valence-electron chi connectivity index (χ4n) is 4.09. The number of nitrogens with zero attached hydrogens (tertiary/aromatic N) is 2. The number of nitrogens with one attached hydrogen (secondary N) is 2. The van der Waals surface area contributed by atoms with Crippen molar-refractivity contribution in [2.75, 3.05) is 43.0 Å². The molecule has 7 nitrogen and oxygen atoms in total. The maximum atomic E-state index is 13.0. The Morgan fingerprint density at radius 2 is 1.64 bits per heavy atom. The lowest BCUT2D eigenvalue weighted by molar-refractivity contribution is 0.0746. The predicted octanol–water partition coefficient (Wildman–Crippen LogP) is 6.52. The lowest BCUT2D eigenvalue weighted by Crippen LogP contribution is -2.48. The molecule has 11 heteroatoms. The summed E-state index contributed by atoms with van der Waals surface area (Å²) < 4.78 is 5.60. The molecule has 39 heavy (non-hydrogen) atoms. The Hall–Kier alpha value is -3.04. The highest BCUT2D eigenvalue weighted by Gasteiger charge is 2.23. The van der Waals surface area contributed by atoms with Crippen molar-refractivity contribution in [1.82, 2.24) is 10.2 Å². The Morgan fingerprint density at radius 1 is 0.923 bits per heavy atom. The van der Waals surface area contributed by atoms with Crippen LogP contribution in [0.2, 0.25) is 15.1 Å². The van der Waals surface area contributed by atoms with Gasteiger partial charge < -0.3 is 19.9 Å². The third-order valence-electron chi connectivity index (χ3n) is 6.09. The van der Waals surface area contributed by atoms with Gasteiger partial charge in [-0.2, -0.15) is 0 Å². The number of carbonyl (C=O) groups excluding carboxylic acids is 2. The minimum atomic E-state index is -0.454. The normalized spacial score (nSPS) is 13.1. The largest absolute Gasteiger partial charge is 0.494 e. The Labute approximate surface area is 248 Å². The van der Waals surface area contributed by atoms with Crippen molar-refractivity contribution in [2.24, 2.45) is 0 Å². The third kappa shape index (κ3) is 7.54. The first-order chi connectivity index (χ1) is 18.7. The molecule has 1 fully saturated rings. The molecule has 1 aliphatic rings. The second-order valence-electron chi connectivity index (χ2n) is 8.85. The fraction of sp³-hybridized carbons (Fsp3) is 0.250. The molecule has 1 heterocycles. The number of halogens is 3. The van der Waals surface area contributed by atoms with Gasteiger partial charge in [0.15, 0.2) is 5.11 Å². The van der Waals surface area contributed by atoms with E-state index >= 15 is 0 Å². The van der Waals surface area contributed by atoms with Gasteiger partial charge in [0.1, 0.15) is 5.75 Å². The van der Waals surface area contributed by atoms with Crippen LogP contribution in [0.5, 0.6) is 5.75 Å². The number of rotatable bonds is 7. The van der Waals surface area contributed by atoms with Crippen molar-refractivity contribution in [3.05, 3.63) is 86.9 Å². The molecule has 0 spiro atoms. The number of hydrogen-bond donors (Lipinski definition) is 2. The highest BCUT2D eigenvalue weighted by atomic mass is 35.5. The van der Waals surface area contributed by atoms with Crippen LogP contribution < -0.4 is 20.3 Å². The zero-order chi connectivity index (χ0) is 27.9. The molecule has 2 amide bonds. The van der Waals surface area contributed by atoms with Crippen molar-refractivity contribution in [1.29, 1.82) is 0 Å². The van der Waals surface area contributed by atoms with Gasteiger partial charge in [0.25, 0.3) is 11.8 Å². The van der Waals surface area contributed by atoms with Crippen LogP contribution in [0, 0.1) is 0 Å². The monoisotopic (exact) mass is 604 g/mol. The third-order valence-corrected chi connectivity index (χ3v) is 7.14. The first-order valence-electron chi connectivity index (χ1n) is 12.4. The summed E-state index contributed by atoms with van der Waals surface area (Å²) in [6.45, 7) is 5.14. The van der Waals surface area contributed by atoms with Gasteiger partial charge in [-0.15, -0.1) is 0 Å². The number of anilines is 2. The van der Waals surface area contributed by atoms with E-state index in [1.165, 1.54) is 12.1 Å². The minimum Gasteiger partial charge on any atom is -0.494 e. The lowest BCUT2D eigenvalue weighted by Gasteiger charge is -2.36. The van der Waals surface area contributed by atoms with Crippen molar-refractivity contribution < 1.29 is 14.3 Å². The molecule has 2 N–H and O–H groups in total. The number of piperazine rings is 1. The SMILES string of the molecule is CCCOc1ccc(C(=O)N2CCN(c3ccc(NC(=S)NC(=O)c4ccc(Cl)cc4Cl)cc3Cl)CC2)cc1. The van der Waals surface area contributed by atoms with Crippen LogP contribution >= 0.6 is 47.0 Å². The zero-order valence-electron chi connectivity index (χ0n) is 21.2. The molecular weight excluding hydrogens is 579 g/mol. The van der Waals surface area contributed by atoms with Crippen LogP contribution in [-0.4, -0.2) is 54.6 Å². The van der Waals surface area contributed by atoms with E-state index in [-0.39, 0.29) is 21.6 Å². The van der Waals surface area contributed by atoms with Gasteiger partial charge in [-0.3, -0.25) is 14.9 Å². The van der Waals surface area contributed by atoms with Crippen molar-refractivity contribution in [2.45, 2.75) is 13.3 Å². The standard InChI is InChI=1S/C28H27Cl3N4O3S/c1-2-15-38-21-7-3-18(4-8-21)27(37)35-13-11-34(12-14-35)25-10-6-20(17-24(25)31)32-28(39)33-26(36)22-9-5-19(29)16-23(22)30/h3-10,16-17H,2,11-15H2,1H3,(H2,32,33,36,39). The van der Waals surface area contributed by atoms with E-state index in [0.29, 0.717) is 54.1 Å². The molecule has 1 aliphatic heterocycles. The fourth-order valence-corrected chi connectivity index (χ4v) is 5.10. The quantitative estimate of drug-likeness (QED) is 0.299. The van der Waals surface area contributed by atoms with E-state index in [2.05, 4.69) is 22.5 Å². The number of benzene rings is 3. The van der Waals surface area contributed by atoms with E-state index in [0.717, 1.165) is 17.9 Å². The molecule has 0 aromatic heterocycles. The predicted molar refractivity (Wildman–Crippen MR) is 162 cm³/mol. The summed E-state index contributed by atoms with van der Waals surface area (Å²) in [4.78, 5) is 29.4. The van der Waals surface area contributed by atoms with Crippen LogP contribution in [0.4, 0.5) is 11.4 Å². The number of ether oxygens (including phenoxy) is 1. The average molecular weight is 606 g/mol. The van der Waals surface area contributed by atoms with Gasteiger partial charge in [-0.25, -0.2) is 0 Å². The van der Waals surface area contributed by atoms with Gasteiger partial charge in [0.05, 0.1) is 27.9 Å². The molecule has 3 aromatic rings. The van der Waals surface area contributed by atoms with Gasteiger partial charge in [0.2, 0.25) is 0 Å². The second-order valence-corrected chi connectivity index (χ2v) is 10.5. The van der Waals surface area contributed by atoms with Gasteiger partial charge in [-0.05, 0) is 79.3 Å². The Balaban J connectivity index is 1.30. The molecule has 0 bridgehead atoms. The van der Waals surface area contributed by atoms with E-state index in [1.807, 2.05) is 29.2 Å². The zero-order valence-corrected chi connectivity index (χ0v) is 24.3. The smallest absolute Gasteiger partial charge is 0.258 e. The number of hydrogen-bond acceptors (Lipinski definition) is 5. The molecule has 0 saturated carbocycles. The number of amides is 2. The molecule has 204 valence electrons. The first kappa shape index (κ1) is 29.0. The highest BCUT2D eigenvalue weighted by Crippen LogP contribution is 2.30. The van der Waals surface area contributed by atoms with E-state index in [9.17, 15) is 9.59 Å². The van der Waals surface area contributed by atoms with Crippen molar-refractivity contribution >= 4 is 75.3 Å². The maximum absolute atomic E-state index is 13.0. The van der Waals surface area contributed by atoms with Crippen LogP contribution in [0.15, 0.2) is 60.7 Å². The van der Waals surface area contributed by atoms with Crippen LogP contribution in [-0.2, 0) is 0 Å². The summed E-state index contributed by atoms with van der Waals surface area (Å²) in [6, 6.07) is 17.3. The van der Waals surface area contributed by atoms with E-state index in [4.69, 9.17) is 51.8 Å². The van der Waals surface area contributed by atoms with Crippen LogP contribution in [0.1, 0.15) is 34.1 Å². The number of thiocarbonyl (C=S) groups is 1. The number of carbonyl (C=O) groups is 2. The topological polar surface area (TPSA) is 73.9 Å². The summed E-state index contributed by atoms with van der Waals surface area (Å²) in [5.41, 5.74) is 2.38. The van der Waals surface area contributed by atoms with Gasteiger partial charge in [0, 0.05) is 42.5 Å². The molecule has 0 radical (unpaired) electrons. The Bertz CT molecular complexity index is 1360. The van der Waals surface area contributed by atoms with E-state index < -0.39 is 5.91 Å². The molecule has 0 unspecified atom stereocenters. The Morgan fingerprint density at radius 3 is 2.28 bits per heavy atom. The molecule has 0 atom stereocenters. The molecule has 3 aromatic carbocycles. The average Bonchev–Trinajstić information content (AvgIpc) is 2.92. The summed E-state index contributed by atoms with van der Waals surface area (Å²) in [5, 5.41) is 6.86. The molecular formula is C28H27Cl3N4O3S. The lowest BCUT2D eigenvalue weighted by atomic mass is 10.1. The van der Waals surface area contributed by atoms with Crippen LogP contribution in [0.25, 0.3) is 0 Å². The van der Waals surface area contributed by atoms with E-state index in [1.54, 1.807) is 24.3 Å².